The molecule has 0 nitrogen and oxygen atoms in total. The van der Waals surface area contributed by atoms with Gasteiger partial charge in [-0.2, -0.15) is 0 Å². The summed E-state index contributed by atoms with van der Waals surface area (Å²) in [4.78, 5) is 0. The number of halogens is 2. The van der Waals surface area contributed by atoms with E-state index in [4.69, 9.17) is 0 Å². The molecule has 0 saturated carbocycles. The molecule has 0 amide bonds. The van der Waals surface area contributed by atoms with Gasteiger partial charge in [-0.1, -0.05) is 0 Å². The number of allylic oxidation sites excluding steroid dienone is 2. The van der Waals surface area contributed by atoms with Crippen molar-refractivity contribution in [2.45, 2.75) is 69.1 Å². The van der Waals surface area contributed by atoms with E-state index in [9.17, 15) is 0 Å². The Morgan fingerprint density at radius 3 is 1.40 bits per heavy atom. The van der Waals surface area contributed by atoms with Gasteiger partial charge in [0.25, 0.3) is 0 Å². The van der Waals surface area contributed by atoms with Crippen LogP contribution in [-0.4, -0.2) is 6.94 Å². The van der Waals surface area contributed by atoms with Gasteiger partial charge in [-0.3, -0.25) is 0 Å². The van der Waals surface area contributed by atoms with Gasteiger partial charge in [0, 0.05) is 0 Å². The van der Waals surface area contributed by atoms with Crippen molar-refractivity contribution in [3.63, 3.8) is 0 Å². The van der Waals surface area contributed by atoms with Crippen LogP contribution in [0.3, 0.4) is 0 Å². The second-order valence-corrected chi connectivity index (χ2v) is 56.5. The quantitative estimate of drug-likeness (QED) is 0.157. The van der Waals surface area contributed by atoms with Gasteiger partial charge in [-0.15, -0.1) is 24.8 Å². The van der Waals surface area contributed by atoms with Gasteiger partial charge in [0.05, 0.1) is 0 Å². The standard InChI is InChI=1S/2C17H17.2CH3.2ClH.Hf.H2Si/c2*1-2-3-6-13-11-15-10-9-14-7-4-5-8-16(14)17(15)12-13;;;;;;/h2*4-5,7-12H,2-3,6H2,1H3;2*1H3;2*1H;;1H2. The molecule has 2 aliphatic carbocycles. The Morgan fingerprint density at radius 1 is 0.600 bits per heavy atom. The number of rotatable bonds is 8. The van der Waals surface area contributed by atoms with Crippen molar-refractivity contribution in [2.24, 2.45) is 0 Å². The Balaban J connectivity index is 0.00000185. The molecule has 2 aliphatic rings. The number of hydrogen-bond donors (Lipinski definition) is 0. The number of unbranched alkanes of at least 4 members (excludes halogenated alkanes) is 2. The second kappa shape index (κ2) is 12.0. The molecule has 0 saturated heterocycles. The molecule has 0 bridgehead atoms. The normalized spacial score (nSPS) is 18.0. The van der Waals surface area contributed by atoms with Crippen molar-refractivity contribution >= 4 is 65.5 Å². The molecule has 2 atom stereocenters. The maximum atomic E-state index is 2.83. The molecular weight excluding hydrogens is 710 g/mol. The Morgan fingerprint density at radius 2 is 1.00 bits per heavy atom. The van der Waals surface area contributed by atoms with E-state index in [1.54, 1.807) is 22.3 Å². The van der Waals surface area contributed by atoms with Gasteiger partial charge in [0.2, 0.25) is 0 Å². The van der Waals surface area contributed by atoms with Crippen molar-refractivity contribution in [2.75, 3.05) is 0 Å². The van der Waals surface area contributed by atoms with Gasteiger partial charge in [0.15, 0.2) is 0 Å². The molecule has 0 fully saturated rings. The van der Waals surface area contributed by atoms with Crippen LogP contribution < -0.4 is 0 Å². The molecule has 0 N–H and O–H groups in total. The fourth-order valence-electron chi connectivity index (χ4n) is 7.99. The first kappa shape index (κ1) is 31.5. The summed E-state index contributed by atoms with van der Waals surface area (Å²) in [5.41, 5.74) is 9.78. The molecule has 0 spiro atoms. The average molecular weight is 754 g/mol. The number of hydrogen-bond acceptors (Lipinski definition) is 0. The Labute approximate surface area is 256 Å². The summed E-state index contributed by atoms with van der Waals surface area (Å²) in [5, 5.41) is 5.78. The minimum Gasteiger partial charge on any atom is -0.147 e. The topological polar surface area (TPSA) is 0 Å². The van der Waals surface area contributed by atoms with E-state index in [1.165, 1.54) is 71.2 Å². The van der Waals surface area contributed by atoms with E-state index in [1.807, 2.05) is 0 Å². The molecule has 4 heteroatoms. The zero-order valence-corrected chi connectivity index (χ0v) is 31.1. The first-order chi connectivity index (χ1) is 18.3. The summed E-state index contributed by atoms with van der Waals surface area (Å²) in [6.45, 7) is 7.21. The zero-order chi connectivity index (χ0) is 26.5. The smallest absolute Gasteiger partial charge is 0.147 e. The SMILES string of the molecule is CCCCC1=Cc2ccc3ccccc3c2[CH]1[Hf]([CH3])([CH3])(=[SiH2])[CH]1C(CCCC)=Cc2ccc3ccccc3c21.Cl.Cl. The van der Waals surface area contributed by atoms with E-state index >= 15 is 0 Å². The minimum atomic E-state index is -3.78. The van der Waals surface area contributed by atoms with Gasteiger partial charge >= 0.3 is 233 Å². The fourth-order valence-corrected chi connectivity index (χ4v) is 36.3. The molecule has 40 heavy (non-hydrogen) atoms. The average Bonchev–Trinajstić information content (AvgIpc) is 3.50. The summed E-state index contributed by atoms with van der Waals surface area (Å²) < 4.78 is 6.85. The molecule has 6 rings (SSSR count). The Bertz CT molecular complexity index is 1570. The summed E-state index contributed by atoms with van der Waals surface area (Å²) in [5.74, 6) is 0. The Hall–Kier alpha value is -1.45. The van der Waals surface area contributed by atoms with Crippen LogP contribution >= 0.6 is 24.8 Å². The monoisotopic (exact) mass is 754 g/mol. The third-order valence-corrected chi connectivity index (χ3v) is 34.6. The van der Waals surface area contributed by atoms with E-state index in [2.05, 4.69) is 115 Å². The van der Waals surface area contributed by atoms with Crippen LogP contribution in [0.1, 0.15) is 82.0 Å². The molecule has 4 aromatic carbocycles. The molecular formula is C36H44Cl2HfSi. The predicted octanol–water partition coefficient (Wildman–Crippen LogP) is 11.1. The van der Waals surface area contributed by atoms with Gasteiger partial charge in [-0.05, 0) is 0 Å². The molecule has 4 aromatic rings. The molecule has 0 aromatic heterocycles. The van der Waals surface area contributed by atoms with Gasteiger partial charge in [-0.25, -0.2) is 0 Å². The van der Waals surface area contributed by atoms with E-state index < -0.39 is 17.1 Å². The predicted molar refractivity (Wildman–Crippen MR) is 183 cm³/mol. The summed E-state index contributed by atoms with van der Waals surface area (Å²) in [6.07, 6.45) is 12.8. The number of fused-ring (bicyclic) bond motifs is 6. The molecule has 0 aliphatic heterocycles. The summed E-state index contributed by atoms with van der Waals surface area (Å²) >= 11 is -3.78. The van der Waals surface area contributed by atoms with Crippen LogP contribution in [0.5, 0.6) is 0 Å². The zero-order valence-electron chi connectivity index (χ0n) is 24.5. The molecule has 2 unspecified atom stereocenters. The first-order valence-corrected chi connectivity index (χ1v) is 34.5. The molecule has 0 radical (unpaired) electrons. The minimum absolute atomic E-state index is 0. The fraction of sp³-hybridized carbons (Fsp3) is 0.333. The van der Waals surface area contributed by atoms with Crippen molar-refractivity contribution < 1.29 is 17.1 Å². The summed E-state index contributed by atoms with van der Waals surface area (Å²) in [6, 6.07) is 27.9. The maximum absolute atomic E-state index is 3.78. The van der Waals surface area contributed by atoms with Crippen LogP contribution in [0.4, 0.5) is 0 Å². The van der Waals surface area contributed by atoms with E-state index in [0.29, 0.717) is 7.35 Å². The Kier molecular flexibility index (Phi) is 9.47. The number of benzene rings is 4. The molecule has 210 valence electrons. The third kappa shape index (κ3) is 5.17. The van der Waals surface area contributed by atoms with Gasteiger partial charge < -0.3 is 0 Å². The van der Waals surface area contributed by atoms with E-state index in [0.717, 1.165) is 0 Å². The maximum Gasteiger partial charge on any atom is -0.147 e. The van der Waals surface area contributed by atoms with Crippen molar-refractivity contribution in [1.29, 1.82) is 0 Å². The second-order valence-electron chi connectivity index (χ2n) is 13.0. The third-order valence-electron chi connectivity index (χ3n) is 9.54. The molecule has 0 heterocycles. The summed E-state index contributed by atoms with van der Waals surface area (Å²) in [7, 11) is 0. The van der Waals surface area contributed by atoms with Gasteiger partial charge in [0.1, 0.15) is 0 Å². The van der Waals surface area contributed by atoms with Crippen LogP contribution in [0.25, 0.3) is 33.7 Å². The first-order valence-electron chi connectivity index (χ1n) is 14.8. The van der Waals surface area contributed by atoms with Crippen LogP contribution in [0.2, 0.25) is 9.36 Å². The largest absolute Gasteiger partial charge is 0.147 e. The van der Waals surface area contributed by atoms with Crippen LogP contribution in [-0.2, 0) is 17.1 Å². The van der Waals surface area contributed by atoms with E-state index in [-0.39, 0.29) is 24.8 Å². The van der Waals surface area contributed by atoms with Crippen LogP contribution in [0.15, 0.2) is 83.9 Å². The van der Waals surface area contributed by atoms with Crippen LogP contribution in [0, 0.1) is 0 Å². The van der Waals surface area contributed by atoms with Crippen molar-refractivity contribution in [3.8, 4) is 0 Å². The van der Waals surface area contributed by atoms with Crippen molar-refractivity contribution in [3.05, 3.63) is 106 Å². The van der Waals surface area contributed by atoms with Crippen molar-refractivity contribution in [1.82, 2.24) is 0 Å².